The van der Waals surface area contributed by atoms with Crippen LogP contribution in [0.5, 0.6) is 0 Å². The Labute approximate surface area is 209 Å². The van der Waals surface area contributed by atoms with Crippen LogP contribution in [-0.2, 0) is 11.2 Å². The molecule has 1 fully saturated rings. The van der Waals surface area contributed by atoms with E-state index < -0.39 is 11.6 Å². The number of piperidine rings is 1. The van der Waals surface area contributed by atoms with Crippen molar-refractivity contribution in [2.75, 3.05) is 36.9 Å². The van der Waals surface area contributed by atoms with Crippen molar-refractivity contribution in [3.05, 3.63) is 59.6 Å². The van der Waals surface area contributed by atoms with Crippen LogP contribution >= 0.6 is 0 Å². The van der Waals surface area contributed by atoms with Crippen LogP contribution < -0.4 is 10.2 Å². The summed E-state index contributed by atoms with van der Waals surface area (Å²) in [5, 5.41) is 3.08. The highest BCUT2D eigenvalue weighted by Gasteiger charge is 2.28. The van der Waals surface area contributed by atoms with E-state index in [9.17, 15) is 9.18 Å². The number of rotatable bonds is 5. The maximum atomic E-state index is 15.0. The molecule has 2 aliphatic rings. The van der Waals surface area contributed by atoms with Gasteiger partial charge in [-0.05, 0) is 71.1 Å². The van der Waals surface area contributed by atoms with Gasteiger partial charge >= 0.3 is 0 Å². The highest BCUT2D eigenvalue weighted by Crippen LogP contribution is 2.35. The number of carbonyl (C=O) groups excluding carboxylic acids is 1. The molecule has 1 N–H and O–H groups in total. The van der Waals surface area contributed by atoms with Crippen LogP contribution in [-0.4, -0.2) is 58.4 Å². The van der Waals surface area contributed by atoms with Crippen molar-refractivity contribution in [2.24, 2.45) is 0 Å². The molecule has 0 unspecified atom stereocenters. The molecule has 188 valence electrons. The normalized spacial score (nSPS) is 16.9. The molecule has 0 bridgehead atoms. The molecule has 0 saturated carbocycles. The van der Waals surface area contributed by atoms with Crippen LogP contribution in [0, 0.1) is 11.6 Å². The van der Waals surface area contributed by atoms with Gasteiger partial charge in [0.2, 0.25) is 5.95 Å². The molecule has 1 saturated heterocycles. The molecule has 0 atom stereocenters. The van der Waals surface area contributed by atoms with Crippen molar-refractivity contribution in [1.29, 1.82) is 0 Å². The molecular formula is C27H30F2N6O. The summed E-state index contributed by atoms with van der Waals surface area (Å²) < 4.78 is 29.9. The first-order chi connectivity index (χ1) is 17.3. The second kappa shape index (κ2) is 9.89. The van der Waals surface area contributed by atoms with Gasteiger partial charge in [-0.15, -0.1) is 0 Å². The molecule has 1 aromatic carbocycles. The van der Waals surface area contributed by atoms with E-state index in [1.165, 1.54) is 6.07 Å². The fourth-order valence-corrected chi connectivity index (χ4v) is 4.96. The monoisotopic (exact) mass is 492 g/mol. The van der Waals surface area contributed by atoms with E-state index in [0.29, 0.717) is 28.4 Å². The third-order valence-corrected chi connectivity index (χ3v) is 7.02. The van der Waals surface area contributed by atoms with Gasteiger partial charge in [0.15, 0.2) is 11.6 Å². The van der Waals surface area contributed by atoms with Gasteiger partial charge in [0.1, 0.15) is 11.5 Å². The number of ketones is 1. The summed E-state index contributed by atoms with van der Waals surface area (Å²) in [7, 11) is 2.13. The Morgan fingerprint density at radius 2 is 1.83 bits per heavy atom. The van der Waals surface area contributed by atoms with E-state index in [4.69, 9.17) is 0 Å². The molecular weight excluding hydrogens is 462 g/mol. The van der Waals surface area contributed by atoms with E-state index in [0.717, 1.165) is 37.8 Å². The van der Waals surface area contributed by atoms with E-state index >= 15 is 4.39 Å². The molecule has 5 rings (SSSR count). The predicted molar refractivity (Wildman–Crippen MR) is 136 cm³/mol. The van der Waals surface area contributed by atoms with E-state index in [1.807, 2.05) is 30.9 Å². The largest absolute Gasteiger partial charge is 0.361 e. The Bertz CT molecular complexity index is 1270. The molecule has 7 nitrogen and oxygen atoms in total. The number of carbonyl (C=O) groups is 1. The highest BCUT2D eigenvalue weighted by molar-refractivity contribution is 5.91. The van der Waals surface area contributed by atoms with Gasteiger partial charge in [0, 0.05) is 40.9 Å². The number of anilines is 3. The number of nitrogens with zero attached hydrogens (tertiary/aromatic N) is 5. The Hall–Kier alpha value is -3.46. The highest BCUT2D eigenvalue weighted by atomic mass is 19.1. The van der Waals surface area contributed by atoms with Crippen LogP contribution in [0.1, 0.15) is 43.9 Å². The van der Waals surface area contributed by atoms with Gasteiger partial charge in [-0.3, -0.25) is 9.78 Å². The Kier molecular flexibility index (Phi) is 6.66. The van der Waals surface area contributed by atoms with Crippen molar-refractivity contribution in [3.8, 4) is 11.3 Å². The van der Waals surface area contributed by atoms with Crippen molar-refractivity contribution in [1.82, 2.24) is 19.9 Å². The summed E-state index contributed by atoms with van der Waals surface area (Å²) in [4.78, 5) is 29.3. The molecule has 4 heterocycles. The average Bonchev–Trinajstić information content (AvgIpc) is 2.86. The molecule has 0 spiro atoms. The Morgan fingerprint density at radius 3 is 2.53 bits per heavy atom. The molecule has 2 aliphatic heterocycles. The lowest BCUT2D eigenvalue weighted by atomic mass is 9.93. The van der Waals surface area contributed by atoms with E-state index in [1.54, 1.807) is 12.3 Å². The number of Topliss-reactive ketones (excluding diaryl/α,β-unsaturated/α-hetero) is 1. The fourth-order valence-electron chi connectivity index (χ4n) is 4.96. The lowest BCUT2D eigenvalue weighted by molar-refractivity contribution is -0.117. The topological polar surface area (TPSA) is 74.2 Å². The smallest absolute Gasteiger partial charge is 0.227 e. The minimum atomic E-state index is -0.654. The fraction of sp³-hybridized carbons (Fsp3) is 0.407. The maximum absolute atomic E-state index is 15.0. The second-order valence-corrected chi connectivity index (χ2v) is 9.96. The third kappa shape index (κ3) is 4.93. The first-order valence-electron chi connectivity index (χ1n) is 12.3. The number of pyridine rings is 1. The predicted octanol–water partition coefficient (Wildman–Crippen LogP) is 4.71. The molecule has 36 heavy (non-hydrogen) atoms. The number of halogens is 2. The standard InChI is InChI=1S/C27H30F2N6O/c1-16(2)35-15-20(36)12-21-22(28)10-18(11-25(21)35)26-23(29)14-31-27(33-26)32-19-4-5-24(30-13-19)17-6-8-34(3)9-7-17/h4-5,10-11,13-14,16-17H,6-9,12,15H2,1-3H3,(H,31,32,33). The van der Waals surface area contributed by atoms with Crippen molar-refractivity contribution >= 4 is 23.1 Å². The Morgan fingerprint density at radius 1 is 1.06 bits per heavy atom. The van der Waals surface area contributed by atoms with Crippen LogP contribution in [0.15, 0.2) is 36.7 Å². The zero-order chi connectivity index (χ0) is 25.4. The molecule has 3 aromatic rings. The lowest BCUT2D eigenvalue weighted by Gasteiger charge is -2.34. The van der Waals surface area contributed by atoms with Crippen LogP contribution in [0.25, 0.3) is 11.3 Å². The minimum absolute atomic E-state index is 0.00860. The third-order valence-electron chi connectivity index (χ3n) is 7.02. The first-order valence-corrected chi connectivity index (χ1v) is 12.3. The number of hydrogen-bond donors (Lipinski definition) is 1. The molecule has 2 aromatic heterocycles. The van der Waals surface area contributed by atoms with Crippen molar-refractivity contribution < 1.29 is 13.6 Å². The van der Waals surface area contributed by atoms with E-state index in [2.05, 4.69) is 32.2 Å². The molecule has 0 aliphatic carbocycles. The number of aromatic nitrogens is 3. The van der Waals surface area contributed by atoms with Gasteiger partial charge in [0.25, 0.3) is 0 Å². The summed E-state index contributed by atoms with van der Waals surface area (Å²) in [5.41, 5.74) is 2.97. The van der Waals surface area contributed by atoms with Gasteiger partial charge in [-0.2, -0.15) is 0 Å². The Balaban J connectivity index is 1.40. The summed E-state index contributed by atoms with van der Waals surface area (Å²) in [6, 6.07) is 6.85. The number of likely N-dealkylation sites (tertiary alicyclic amines) is 1. The lowest BCUT2D eigenvalue weighted by Crippen LogP contribution is -2.40. The molecule has 0 radical (unpaired) electrons. The van der Waals surface area contributed by atoms with Gasteiger partial charge in [-0.1, -0.05) is 0 Å². The van der Waals surface area contributed by atoms with Crippen LogP contribution in [0.4, 0.5) is 26.1 Å². The van der Waals surface area contributed by atoms with Crippen molar-refractivity contribution in [2.45, 2.75) is 45.1 Å². The van der Waals surface area contributed by atoms with Crippen LogP contribution in [0.2, 0.25) is 0 Å². The minimum Gasteiger partial charge on any atom is -0.361 e. The molecule has 9 heteroatoms. The van der Waals surface area contributed by atoms with Gasteiger partial charge in [0.05, 0.1) is 24.6 Å². The van der Waals surface area contributed by atoms with Gasteiger partial charge < -0.3 is 15.1 Å². The number of fused-ring (bicyclic) bond motifs is 1. The number of nitrogens with one attached hydrogen (secondary N) is 1. The number of benzene rings is 1. The zero-order valence-corrected chi connectivity index (χ0v) is 20.8. The quantitative estimate of drug-likeness (QED) is 0.553. The summed E-state index contributed by atoms with van der Waals surface area (Å²) in [6.45, 7) is 6.20. The van der Waals surface area contributed by atoms with E-state index in [-0.39, 0.29) is 36.4 Å². The van der Waals surface area contributed by atoms with Gasteiger partial charge in [-0.25, -0.2) is 18.7 Å². The SMILES string of the molecule is CC(C)N1CC(=O)Cc2c(F)cc(-c3nc(Nc4ccc(C5CCN(C)CC5)nc4)ncc3F)cc21. The molecule has 0 amide bonds. The number of hydrogen-bond acceptors (Lipinski definition) is 7. The summed E-state index contributed by atoms with van der Waals surface area (Å²) in [5.74, 6) is -0.600. The summed E-state index contributed by atoms with van der Waals surface area (Å²) >= 11 is 0. The zero-order valence-electron chi connectivity index (χ0n) is 20.8. The summed E-state index contributed by atoms with van der Waals surface area (Å²) in [6.07, 6.45) is 5.01. The average molecular weight is 493 g/mol. The van der Waals surface area contributed by atoms with Crippen molar-refractivity contribution in [3.63, 3.8) is 0 Å². The first kappa shape index (κ1) is 24.2. The van der Waals surface area contributed by atoms with Crippen LogP contribution in [0.3, 0.4) is 0 Å². The maximum Gasteiger partial charge on any atom is 0.227 e. The second-order valence-electron chi connectivity index (χ2n) is 9.96.